The summed E-state index contributed by atoms with van der Waals surface area (Å²) < 4.78 is 0. The molecule has 1 aliphatic carbocycles. The molecule has 5 heteroatoms. The Labute approximate surface area is 111 Å². The zero-order valence-corrected chi connectivity index (χ0v) is 10.8. The summed E-state index contributed by atoms with van der Waals surface area (Å²) in [6, 6.07) is 7.51. The van der Waals surface area contributed by atoms with Crippen LogP contribution in [0.25, 0.3) is 10.9 Å². The van der Waals surface area contributed by atoms with Gasteiger partial charge >= 0.3 is 0 Å². The molecule has 2 aromatic rings. The van der Waals surface area contributed by atoms with Crippen LogP contribution in [0.5, 0.6) is 0 Å². The maximum Gasteiger partial charge on any atom is 0.272 e. The van der Waals surface area contributed by atoms with Crippen molar-refractivity contribution in [1.82, 2.24) is 15.5 Å². The molecule has 1 unspecified atom stereocenters. The predicted molar refractivity (Wildman–Crippen MR) is 71.8 cm³/mol. The number of hydrogen-bond donors (Lipinski definition) is 3. The lowest BCUT2D eigenvalue weighted by Crippen LogP contribution is -2.50. The van der Waals surface area contributed by atoms with Gasteiger partial charge in [-0.3, -0.25) is 9.89 Å². The average molecular weight is 259 g/mol. The van der Waals surface area contributed by atoms with Gasteiger partial charge in [-0.1, -0.05) is 18.2 Å². The molecular weight excluding hydrogens is 242 g/mol. The van der Waals surface area contributed by atoms with Crippen molar-refractivity contribution in [3.8, 4) is 0 Å². The molecule has 1 fully saturated rings. The Balaban J connectivity index is 1.87. The molecule has 19 heavy (non-hydrogen) atoms. The SMILES string of the molecule is CC(CO)(NC(=O)c1n[nH]c2ccccc12)C1CC1. The van der Waals surface area contributed by atoms with Gasteiger partial charge in [0.1, 0.15) is 0 Å². The number of aliphatic hydroxyl groups is 1. The number of aromatic amines is 1. The second kappa shape index (κ2) is 4.35. The first-order chi connectivity index (χ1) is 9.14. The second-order valence-corrected chi connectivity index (χ2v) is 5.42. The molecule has 0 spiro atoms. The van der Waals surface area contributed by atoms with Gasteiger partial charge in [-0.15, -0.1) is 0 Å². The minimum Gasteiger partial charge on any atom is -0.394 e. The molecule has 1 amide bonds. The maximum absolute atomic E-state index is 12.3. The van der Waals surface area contributed by atoms with Gasteiger partial charge in [0.05, 0.1) is 17.7 Å². The number of fused-ring (bicyclic) bond motifs is 1. The molecule has 1 aromatic heterocycles. The van der Waals surface area contributed by atoms with E-state index in [-0.39, 0.29) is 12.5 Å². The number of benzene rings is 1. The van der Waals surface area contributed by atoms with Crippen molar-refractivity contribution in [1.29, 1.82) is 0 Å². The molecule has 0 saturated heterocycles. The second-order valence-electron chi connectivity index (χ2n) is 5.42. The quantitative estimate of drug-likeness (QED) is 0.777. The van der Waals surface area contributed by atoms with Crippen LogP contribution in [0.4, 0.5) is 0 Å². The van der Waals surface area contributed by atoms with E-state index in [1.54, 1.807) is 0 Å². The van der Waals surface area contributed by atoms with E-state index >= 15 is 0 Å². The van der Waals surface area contributed by atoms with Crippen LogP contribution in [-0.2, 0) is 0 Å². The van der Waals surface area contributed by atoms with E-state index in [4.69, 9.17) is 0 Å². The molecule has 1 saturated carbocycles. The van der Waals surface area contributed by atoms with Crippen molar-refractivity contribution in [3.05, 3.63) is 30.0 Å². The molecule has 100 valence electrons. The third-order valence-electron chi connectivity index (χ3n) is 3.89. The summed E-state index contributed by atoms with van der Waals surface area (Å²) >= 11 is 0. The highest BCUT2D eigenvalue weighted by atomic mass is 16.3. The highest BCUT2D eigenvalue weighted by molar-refractivity contribution is 6.04. The fraction of sp³-hybridized carbons (Fsp3) is 0.429. The molecular formula is C14H17N3O2. The lowest BCUT2D eigenvalue weighted by Gasteiger charge is -2.28. The number of nitrogens with one attached hydrogen (secondary N) is 2. The van der Waals surface area contributed by atoms with Gasteiger partial charge in [0, 0.05) is 5.39 Å². The lowest BCUT2D eigenvalue weighted by molar-refractivity contribution is 0.0821. The molecule has 1 aliphatic rings. The van der Waals surface area contributed by atoms with Gasteiger partial charge in [-0.2, -0.15) is 5.10 Å². The van der Waals surface area contributed by atoms with Crippen LogP contribution in [-0.4, -0.2) is 33.4 Å². The maximum atomic E-state index is 12.3. The van der Waals surface area contributed by atoms with Crippen LogP contribution in [0, 0.1) is 5.92 Å². The minimum atomic E-state index is -0.545. The highest BCUT2D eigenvalue weighted by Gasteiger charge is 2.42. The number of H-pyrrole nitrogens is 1. The Hall–Kier alpha value is -1.88. The van der Waals surface area contributed by atoms with E-state index in [0.717, 1.165) is 23.7 Å². The van der Waals surface area contributed by atoms with Crippen molar-refractivity contribution in [2.45, 2.75) is 25.3 Å². The summed E-state index contributed by atoms with van der Waals surface area (Å²) in [4.78, 5) is 12.3. The summed E-state index contributed by atoms with van der Waals surface area (Å²) in [6.07, 6.45) is 2.11. The van der Waals surface area contributed by atoms with Crippen LogP contribution in [0.1, 0.15) is 30.3 Å². The first-order valence-electron chi connectivity index (χ1n) is 6.50. The Morgan fingerprint density at radius 2 is 2.26 bits per heavy atom. The van der Waals surface area contributed by atoms with E-state index in [9.17, 15) is 9.90 Å². The Kier molecular flexibility index (Phi) is 2.78. The molecule has 1 heterocycles. The van der Waals surface area contributed by atoms with E-state index < -0.39 is 5.54 Å². The third-order valence-corrected chi connectivity index (χ3v) is 3.89. The largest absolute Gasteiger partial charge is 0.394 e. The highest BCUT2D eigenvalue weighted by Crippen LogP contribution is 2.39. The number of para-hydroxylation sites is 1. The van der Waals surface area contributed by atoms with Crippen molar-refractivity contribution in [2.75, 3.05) is 6.61 Å². The molecule has 0 aliphatic heterocycles. The van der Waals surface area contributed by atoms with Crippen LogP contribution in [0.15, 0.2) is 24.3 Å². The first-order valence-corrected chi connectivity index (χ1v) is 6.50. The van der Waals surface area contributed by atoms with E-state index in [0.29, 0.717) is 11.6 Å². The van der Waals surface area contributed by atoms with Gasteiger partial charge in [0.15, 0.2) is 5.69 Å². The van der Waals surface area contributed by atoms with Gasteiger partial charge in [0.25, 0.3) is 5.91 Å². The molecule has 1 atom stereocenters. The molecule has 3 rings (SSSR count). The summed E-state index contributed by atoms with van der Waals surface area (Å²) in [7, 11) is 0. The van der Waals surface area contributed by atoms with E-state index in [2.05, 4.69) is 15.5 Å². The number of hydrogen-bond acceptors (Lipinski definition) is 3. The molecule has 3 N–H and O–H groups in total. The summed E-state index contributed by atoms with van der Waals surface area (Å²) in [5.74, 6) is 0.132. The van der Waals surface area contributed by atoms with Crippen LogP contribution in [0.3, 0.4) is 0 Å². The summed E-state index contributed by atoms with van der Waals surface area (Å²) in [5, 5.41) is 20.2. The topological polar surface area (TPSA) is 78.0 Å². The van der Waals surface area contributed by atoms with Gasteiger partial charge < -0.3 is 10.4 Å². The predicted octanol–water partition coefficient (Wildman–Crippen LogP) is 1.45. The number of amides is 1. The van der Waals surface area contributed by atoms with Gasteiger partial charge in [-0.25, -0.2) is 0 Å². The smallest absolute Gasteiger partial charge is 0.272 e. The zero-order chi connectivity index (χ0) is 13.5. The van der Waals surface area contributed by atoms with Crippen LogP contribution >= 0.6 is 0 Å². The Morgan fingerprint density at radius 1 is 1.53 bits per heavy atom. The fourth-order valence-electron chi connectivity index (χ4n) is 2.45. The van der Waals surface area contributed by atoms with Crippen molar-refractivity contribution < 1.29 is 9.90 Å². The third kappa shape index (κ3) is 2.10. The van der Waals surface area contributed by atoms with Crippen molar-refractivity contribution >= 4 is 16.8 Å². The van der Waals surface area contributed by atoms with E-state index in [1.165, 1.54) is 0 Å². The average Bonchev–Trinajstić information content (AvgIpc) is 3.19. The molecule has 0 radical (unpaired) electrons. The number of aliphatic hydroxyl groups excluding tert-OH is 1. The standard InChI is InChI=1S/C14H17N3O2/c1-14(8-18,9-6-7-9)15-13(19)12-10-4-2-3-5-11(10)16-17-12/h2-5,9,18H,6-8H2,1H3,(H,15,19)(H,16,17). The van der Waals surface area contributed by atoms with E-state index in [1.807, 2.05) is 31.2 Å². The molecule has 5 nitrogen and oxygen atoms in total. The fourth-order valence-corrected chi connectivity index (χ4v) is 2.45. The number of aromatic nitrogens is 2. The molecule has 0 bridgehead atoms. The first kappa shape index (κ1) is 12.2. The van der Waals surface area contributed by atoms with Gasteiger partial charge in [0.2, 0.25) is 0 Å². The minimum absolute atomic E-state index is 0.0498. The van der Waals surface area contributed by atoms with Crippen LogP contribution in [0.2, 0.25) is 0 Å². The number of carbonyl (C=O) groups excluding carboxylic acids is 1. The zero-order valence-electron chi connectivity index (χ0n) is 10.8. The normalized spacial score (nSPS) is 18.2. The monoisotopic (exact) mass is 259 g/mol. The number of nitrogens with zero attached hydrogens (tertiary/aromatic N) is 1. The lowest BCUT2D eigenvalue weighted by atomic mass is 9.96. The summed E-state index contributed by atoms with van der Waals surface area (Å²) in [6.45, 7) is 1.84. The number of carbonyl (C=O) groups is 1. The Bertz CT molecular complexity index is 618. The number of rotatable bonds is 4. The Morgan fingerprint density at radius 3 is 2.95 bits per heavy atom. The van der Waals surface area contributed by atoms with Crippen LogP contribution < -0.4 is 5.32 Å². The summed E-state index contributed by atoms with van der Waals surface area (Å²) in [5.41, 5.74) is 0.678. The van der Waals surface area contributed by atoms with Crippen molar-refractivity contribution in [3.63, 3.8) is 0 Å². The van der Waals surface area contributed by atoms with Gasteiger partial charge in [-0.05, 0) is 31.7 Å². The molecule has 1 aromatic carbocycles. The van der Waals surface area contributed by atoms with Crippen molar-refractivity contribution in [2.24, 2.45) is 5.92 Å².